The third-order valence-corrected chi connectivity index (χ3v) is 5.00. The molecule has 0 saturated carbocycles. The minimum Gasteiger partial charge on any atom is -0.308 e. The number of rotatable bonds is 4. The highest BCUT2D eigenvalue weighted by Gasteiger charge is 2.45. The Balaban J connectivity index is 1.82. The normalized spacial score (nSPS) is 19.1. The van der Waals surface area contributed by atoms with E-state index in [4.69, 9.17) is 4.99 Å². The molecule has 1 aliphatic rings. The average molecular weight is 406 g/mol. The molecule has 1 aromatic heterocycles. The summed E-state index contributed by atoms with van der Waals surface area (Å²) >= 11 is 3.45. The lowest BCUT2D eigenvalue weighted by Gasteiger charge is -2.24. The zero-order valence-electron chi connectivity index (χ0n) is 13.9. The van der Waals surface area contributed by atoms with E-state index in [1.165, 1.54) is 0 Å². The summed E-state index contributed by atoms with van der Waals surface area (Å²) in [6, 6.07) is 21.4. The summed E-state index contributed by atoms with van der Waals surface area (Å²) in [7, 11) is 0. The van der Waals surface area contributed by atoms with E-state index < -0.39 is 5.54 Å². The molecule has 5 heteroatoms. The predicted molar refractivity (Wildman–Crippen MR) is 105 cm³/mol. The van der Waals surface area contributed by atoms with E-state index in [1.807, 2.05) is 66.7 Å². The van der Waals surface area contributed by atoms with Gasteiger partial charge < -0.3 is 5.32 Å². The van der Waals surface area contributed by atoms with E-state index in [0.29, 0.717) is 12.3 Å². The summed E-state index contributed by atoms with van der Waals surface area (Å²) in [6.07, 6.45) is 3.90. The number of aliphatic imine (C=N–C) groups is 1. The van der Waals surface area contributed by atoms with Crippen LogP contribution in [0.3, 0.4) is 0 Å². The lowest BCUT2D eigenvalue weighted by molar-refractivity contribution is -0.124. The fourth-order valence-corrected chi connectivity index (χ4v) is 3.41. The number of hydrogen-bond acceptors (Lipinski definition) is 3. The number of nitrogens with one attached hydrogen (secondary N) is 1. The maximum Gasteiger partial charge on any atom is 0.258 e. The molecule has 1 unspecified atom stereocenters. The molecule has 26 heavy (non-hydrogen) atoms. The van der Waals surface area contributed by atoms with Crippen molar-refractivity contribution >= 4 is 27.7 Å². The van der Waals surface area contributed by atoms with Gasteiger partial charge in [0.2, 0.25) is 0 Å². The van der Waals surface area contributed by atoms with Gasteiger partial charge in [-0.25, -0.2) is 4.99 Å². The molecule has 0 fully saturated rings. The van der Waals surface area contributed by atoms with Gasteiger partial charge in [0.15, 0.2) is 5.54 Å². The summed E-state index contributed by atoms with van der Waals surface area (Å²) in [5, 5.41) is 2.95. The standard InChI is InChI=1S/C21H16BrN3O/c22-18-10-8-15(9-11-18)13-21(17-6-2-1-3-7-17)20(26)24-19(25-21)16-5-4-12-23-14-16/h1-12,14H,13H2,(H,24,25,26). The van der Waals surface area contributed by atoms with E-state index in [1.54, 1.807) is 12.4 Å². The number of carbonyl (C=O) groups excluding carboxylic acids is 1. The minimum absolute atomic E-state index is 0.120. The van der Waals surface area contributed by atoms with Crippen LogP contribution in [0.5, 0.6) is 0 Å². The Morgan fingerprint density at radius 1 is 0.962 bits per heavy atom. The van der Waals surface area contributed by atoms with Gasteiger partial charge in [0.25, 0.3) is 5.91 Å². The van der Waals surface area contributed by atoms with Crippen LogP contribution in [0.1, 0.15) is 16.7 Å². The van der Waals surface area contributed by atoms with Gasteiger partial charge in [-0.3, -0.25) is 9.78 Å². The van der Waals surface area contributed by atoms with Crippen molar-refractivity contribution in [3.05, 3.63) is 100 Å². The summed E-state index contributed by atoms with van der Waals surface area (Å²) in [6.45, 7) is 0. The first-order valence-electron chi connectivity index (χ1n) is 8.29. The molecule has 0 spiro atoms. The van der Waals surface area contributed by atoms with Crippen molar-refractivity contribution in [2.24, 2.45) is 4.99 Å². The molecular formula is C21H16BrN3O. The summed E-state index contributed by atoms with van der Waals surface area (Å²) in [4.78, 5) is 22.1. The summed E-state index contributed by atoms with van der Waals surface area (Å²) in [5.74, 6) is 0.439. The van der Waals surface area contributed by atoms with E-state index in [9.17, 15) is 4.79 Å². The Bertz CT molecular complexity index is 956. The van der Waals surface area contributed by atoms with Gasteiger partial charge in [0, 0.05) is 28.9 Å². The molecule has 0 bridgehead atoms. The van der Waals surface area contributed by atoms with Gasteiger partial charge in [-0.15, -0.1) is 0 Å². The molecule has 2 aromatic carbocycles. The van der Waals surface area contributed by atoms with Crippen molar-refractivity contribution in [2.75, 3.05) is 0 Å². The molecule has 128 valence electrons. The molecule has 0 radical (unpaired) electrons. The maximum absolute atomic E-state index is 13.1. The molecule has 4 rings (SSSR count). The molecule has 2 heterocycles. The number of aromatic nitrogens is 1. The molecule has 0 saturated heterocycles. The number of amidine groups is 1. The average Bonchev–Trinajstić information content (AvgIpc) is 3.02. The Labute approximate surface area is 160 Å². The minimum atomic E-state index is -0.986. The fourth-order valence-electron chi connectivity index (χ4n) is 3.15. The lowest BCUT2D eigenvalue weighted by atomic mass is 9.84. The number of benzene rings is 2. The van der Waals surface area contributed by atoms with Gasteiger partial charge in [-0.2, -0.15) is 0 Å². The smallest absolute Gasteiger partial charge is 0.258 e. The molecule has 1 atom stereocenters. The molecule has 1 aliphatic heterocycles. The van der Waals surface area contributed by atoms with Crippen LogP contribution in [0.2, 0.25) is 0 Å². The summed E-state index contributed by atoms with van der Waals surface area (Å²) < 4.78 is 1.01. The molecule has 4 nitrogen and oxygen atoms in total. The molecule has 3 aromatic rings. The largest absolute Gasteiger partial charge is 0.308 e. The Hall–Kier alpha value is -2.79. The number of nitrogens with zero attached hydrogens (tertiary/aromatic N) is 2. The van der Waals surface area contributed by atoms with Crippen molar-refractivity contribution < 1.29 is 4.79 Å². The van der Waals surface area contributed by atoms with Crippen LogP contribution in [0, 0.1) is 0 Å². The van der Waals surface area contributed by atoms with Crippen molar-refractivity contribution in [3.63, 3.8) is 0 Å². The van der Waals surface area contributed by atoms with E-state index in [-0.39, 0.29) is 5.91 Å². The number of amides is 1. The second kappa shape index (κ2) is 6.84. The fraction of sp³-hybridized carbons (Fsp3) is 0.0952. The monoisotopic (exact) mass is 405 g/mol. The molecule has 0 aliphatic carbocycles. The number of hydrogen-bond donors (Lipinski definition) is 1. The third-order valence-electron chi connectivity index (χ3n) is 4.47. The van der Waals surface area contributed by atoms with Gasteiger partial charge >= 0.3 is 0 Å². The van der Waals surface area contributed by atoms with Gasteiger partial charge in [-0.1, -0.05) is 58.4 Å². The summed E-state index contributed by atoms with van der Waals surface area (Å²) in [5.41, 5.74) is 1.73. The second-order valence-electron chi connectivity index (χ2n) is 6.19. The Kier molecular flexibility index (Phi) is 4.39. The van der Waals surface area contributed by atoms with E-state index in [2.05, 4.69) is 26.2 Å². The van der Waals surface area contributed by atoms with Crippen LogP contribution < -0.4 is 5.32 Å². The Morgan fingerprint density at radius 2 is 1.73 bits per heavy atom. The van der Waals surface area contributed by atoms with Crippen LogP contribution in [0.4, 0.5) is 0 Å². The highest BCUT2D eigenvalue weighted by molar-refractivity contribution is 9.10. The van der Waals surface area contributed by atoms with Gasteiger partial charge in [-0.05, 0) is 35.4 Å². The second-order valence-corrected chi connectivity index (χ2v) is 7.10. The quantitative estimate of drug-likeness (QED) is 0.716. The third kappa shape index (κ3) is 3.06. The Morgan fingerprint density at radius 3 is 2.42 bits per heavy atom. The van der Waals surface area contributed by atoms with Gasteiger partial charge in [0.1, 0.15) is 5.84 Å². The van der Waals surface area contributed by atoms with Crippen LogP contribution in [-0.2, 0) is 16.8 Å². The molecule has 1 N–H and O–H groups in total. The lowest BCUT2D eigenvalue weighted by Crippen LogP contribution is -2.39. The van der Waals surface area contributed by atoms with Gasteiger partial charge in [0.05, 0.1) is 0 Å². The SMILES string of the molecule is O=C1NC(c2cccnc2)=NC1(Cc1ccc(Br)cc1)c1ccccc1. The first-order chi connectivity index (χ1) is 12.7. The van der Waals surface area contributed by atoms with E-state index in [0.717, 1.165) is 21.2 Å². The van der Waals surface area contributed by atoms with E-state index >= 15 is 0 Å². The topological polar surface area (TPSA) is 54.4 Å². The van der Waals surface area contributed by atoms with Crippen LogP contribution >= 0.6 is 15.9 Å². The van der Waals surface area contributed by atoms with Crippen molar-refractivity contribution in [3.8, 4) is 0 Å². The van der Waals surface area contributed by atoms with Crippen LogP contribution in [-0.4, -0.2) is 16.7 Å². The van der Waals surface area contributed by atoms with Crippen LogP contribution in [0.15, 0.2) is 88.6 Å². The molecule has 1 amide bonds. The van der Waals surface area contributed by atoms with Crippen molar-refractivity contribution in [1.82, 2.24) is 10.3 Å². The van der Waals surface area contributed by atoms with Crippen LogP contribution in [0.25, 0.3) is 0 Å². The number of carbonyl (C=O) groups is 1. The van der Waals surface area contributed by atoms with Crippen molar-refractivity contribution in [2.45, 2.75) is 12.0 Å². The zero-order valence-corrected chi connectivity index (χ0v) is 15.5. The zero-order chi connectivity index (χ0) is 18.0. The van der Waals surface area contributed by atoms with Crippen molar-refractivity contribution in [1.29, 1.82) is 0 Å². The predicted octanol–water partition coefficient (Wildman–Crippen LogP) is 3.86. The first-order valence-corrected chi connectivity index (χ1v) is 9.08. The number of halogens is 1. The maximum atomic E-state index is 13.1. The molecular weight excluding hydrogens is 390 g/mol. The highest BCUT2D eigenvalue weighted by Crippen LogP contribution is 2.34. The highest BCUT2D eigenvalue weighted by atomic mass is 79.9. The number of pyridine rings is 1. The first kappa shape index (κ1) is 16.7.